The molecule has 1 aromatic rings. The maximum absolute atomic E-state index is 11.8. The summed E-state index contributed by atoms with van der Waals surface area (Å²) < 4.78 is 10.1. The van der Waals surface area contributed by atoms with Gasteiger partial charge >= 0.3 is 11.9 Å². The van der Waals surface area contributed by atoms with E-state index in [9.17, 15) is 9.59 Å². The van der Waals surface area contributed by atoms with Gasteiger partial charge in [0.1, 0.15) is 17.4 Å². The molecule has 0 amide bonds. The first-order chi connectivity index (χ1) is 8.54. The van der Waals surface area contributed by atoms with Crippen molar-refractivity contribution < 1.29 is 18.7 Å². The van der Waals surface area contributed by atoms with E-state index in [1.165, 1.54) is 0 Å². The molecule has 1 saturated heterocycles. The minimum absolute atomic E-state index is 0.349. The fourth-order valence-corrected chi connectivity index (χ4v) is 2.05. The average molecular weight is 246 g/mol. The molecule has 0 saturated carbocycles. The number of aryl methyl sites for hydroxylation is 2. The molecule has 1 aliphatic rings. The first kappa shape index (κ1) is 12.4. The molecule has 0 aromatic carbocycles. The Bertz CT molecular complexity index is 560. The standard InChI is InChI=1S/C14H14O4/c1-4-5-6-10-12(14(16)18-13(10)15)11-7-8(2)17-9(11)3/h4-7,12H,1-3H3/b5-4?,10-6-. The number of rotatable bonds is 2. The monoisotopic (exact) mass is 246 g/mol. The van der Waals surface area contributed by atoms with E-state index in [-0.39, 0.29) is 0 Å². The topological polar surface area (TPSA) is 56.5 Å². The number of hydrogen-bond acceptors (Lipinski definition) is 4. The Labute approximate surface area is 105 Å². The predicted molar refractivity (Wildman–Crippen MR) is 64.9 cm³/mol. The summed E-state index contributed by atoms with van der Waals surface area (Å²) in [6.45, 7) is 5.40. The van der Waals surface area contributed by atoms with Gasteiger partial charge in [-0.2, -0.15) is 0 Å². The highest BCUT2D eigenvalue weighted by atomic mass is 16.6. The molecule has 0 N–H and O–H groups in total. The van der Waals surface area contributed by atoms with Crippen LogP contribution in [0.25, 0.3) is 0 Å². The van der Waals surface area contributed by atoms with Crippen LogP contribution in [-0.4, -0.2) is 11.9 Å². The van der Waals surface area contributed by atoms with E-state index in [0.29, 0.717) is 22.7 Å². The highest BCUT2D eigenvalue weighted by molar-refractivity contribution is 6.10. The Balaban J connectivity index is 2.49. The van der Waals surface area contributed by atoms with E-state index in [0.717, 1.165) is 0 Å². The molecule has 1 atom stereocenters. The van der Waals surface area contributed by atoms with Gasteiger partial charge in [-0.25, -0.2) is 4.79 Å². The smallest absolute Gasteiger partial charge is 0.342 e. The maximum atomic E-state index is 11.8. The van der Waals surface area contributed by atoms with Crippen LogP contribution in [0.2, 0.25) is 0 Å². The van der Waals surface area contributed by atoms with Crippen molar-refractivity contribution in [3.8, 4) is 0 Å². The van der Waals surface area contributed by atoms with E-state index in [2.05, 4.69) is 4.74 Å². The maximum Gasteiger partial charge on any atom is 0.342 e. The van der Waals surface area contributed by atoms with Gasteiger partial charge in [-0.05, 0) is 26.8 Å². The minimum Gasteiger partial charge on any atom is -0.466 e. The molecule has 1 unspecified atom stereocenters. The first-order valence-electron chi connectivity index (χ1n) is 5.70. The summed E-state index contributed by atoms with van der Waals surface area (Å²) in [4.78, 5) is 23.4. The molecule has 0 radical (unpaired) electrons. The fraction of sp³-hybridized carbons (Fsp3) is 0.286. The molecule has 2 rings (SSSR count). The summed E-state index contributed by atoms with van der Waals surface area (Å²) in [6, 6.07) is 1.77. The molecule has 94 valence electrons. The van der Waals surface area contributed by atoms with Crippen LogP contribution in [0.4, 0.5) is 0 Å². The minimum atomic E-state index is -0.675. The number of cyclic esters (lactones) is 2. The zero-order valence-corrected chi connectivity index (χ0v) is 10.5. The van der Waals surface area contributed by atoms with E-state index in [1.807, 2.05) is 6.92 Å². The van der Waals surface area contributed by atoms with Crippen molar-refractivity contribution >= 4 is 11.9 Å². The Hall–Kier alpha value is -2.10. The average Bonchev–Trinajstić information content (AvgIpc) is 2.75. The Morgan fingerprint density at radius 2 is 2.00 bits per heavy atom. The van der Waals surface area contributed by atoms with Crippen LogP contribution in [0.15, 0.2) is 34.3 Å². The van der Waals surface area contributed by atoms with Crippen molar-refractivity contribution in [1.82, 2.24) is 0 Å². The summed E-state index contributed by atoms with van der Waals surface area (Å²) >= 11 is 0. The molecular formula is C14H14O4. The third-order valence-corrected chi connectivity index (χ3v) is 2.83. The normalized spacial score (nSPS) is 22.2. The van der Waals surface area contributed by atoms with Crippen LogP contribution in [-0.2, 0) is 14.3 Å². The summed E-state index contributed by atoms with van der Waals surface area (Å²) in [6.07, 6.45) is 5.11. The third kappa shape index (κ3) is 2.01. The molecule has 18 heavy (non-hydrogen) atoms. The molecule has 4 nitrogen and oxygen atoms in total. The van der Waals surface area contributed by atoms with Crippen molar-refractivity contribution in [2.75, 3.05) is 0 Å². The Kier molecular flexibility index (Phi) is 3.19. The summed E-state index contributed by atoms with van der Waals surface area (Å²) in [5.41, 5.74) is 1.04. The number of allylic oxidation sites excluding steroid dienone is 3. The second kappa shape index (κ2) is 4.64. The summed E-state index contributed by atoms with van der Waals surface area (Å²) in [7, 11) is 0. The van der Waals surface area contributed by atoms with Crippen molar-refractivity contribution in [1.29, 1.82) is 0 Å². The zero-order valence-electron chi connectivity index (χ0n) is 10.5. The van der Waals surface area contributed by atoms with Gasteiger partial charge in [-0.1, -0.05) is 18.2 Å². The number of ether oxygens (including phenoxy) is 1. The molecule has 0 bridgehead atoms. The van der Waals surface area contributed by atoms with Crippen molar-refractivity contribution in [3.05, 3.63) is 47.0 Å². The van der Waals surface area contributed by atoms with Gasteiger partial charge in [0.15, 0.2) is 0 Å². The molecule has 4 heteroatoms. The number of esters is 2. The van der Waals surface area contributed by atoms with Crippen molar-refractivity contribution in [3.63, 3.8) is 0 Å². The molecule has 1 aromatic heterocycles. The highest BCUT2D eigenvalue weighted by Gasteiger charge is 2.41. The van der Waals surface area contributed by atoms with Crippen LogP contribution < -0.4 is 0 Å². The van der Waals surface area contributed by atoms with E-state index in [1.54, 1.807) is 38.1 Å². The lowest BCUT2D eigenvalue weighted by molar-refractivity contribution is -0.151. The number of carbonyl (C=O) groups excluding carboxylic acids is 2. The van der Waals surface area contributed by atoms with Gasteiger partial charge in [0, 0.05) is 5.56 Å². The van der Waals surface area contributed by atoms with Crippen LogP contribution in [0.5, 0.6) is 0 Å². The van der Waals surface area contributed by atoms with Gasteiger partial charge in [0.25, 0.3) is 0 Å². The number of hydrogen-bond donors (Lipinski definition) is 0. The molecular weight excluding hydrogens is 232 g/mol. The SMILES string of the molecule is CC=C/C=C1\C(=O)OC(=O)C1c1cc(C)oc1C. The van der Waals surface area contributed by atoms with Crippen molar-refractivity contribution in [2.45, 2.75) is 26.7 Å². The second-order valence-corrected chi connectivity index (χ2v) is 4.16. The Morgan fingerprint density at radius 1 is 1.28 bits per heavy atom. The molecule has 0 aliphatic carbocycles. The molecule has 0 spiro atoms. The lowest BCUT2D eigenvalue weighted by Gasteiger charge is -2.03. The van der Waals surface area contributed by atoms with Crippen LogP contribution in [0.3, 0.4) is 0 Å². The lowest BCUT2D eigenvalue weighted by atomic mass is 9.93. The summed E-state index contributed by atoms with van der Waals surface area (Å²) in [5, 5.41) is 0. The van der Waals surface area contributed by atoms with Gasteiger partial charge in [0.05, 0.1) is 5.57 Å². The van der Waals surface area contributed by atoms with Gasteiger partial charge in [0.2, 0.25) is 0 Å². The van der Waals surface area contributed by atoms with Gasteiger partial charge in [-0.3, -0.25) is 4.79 Å². The van der Waals surface area contributed by atoms with E-state index in [4.69, 9.17) is 4.42 Å². The number of carbonyl (C=O) groups is 2. The third-order valence-electron chi connectivity index (χ3n) is 2.83. The largest absolute Gasteiger partial charge is 0.466 e. The Morgan fingerprint density at radius 3 is 2.56 bits per heavy atom. The molecule has 1 fully saturated rings. The first-order valence-corrected chi connectivity index (χ1v) is 5.70. The van der Waals surface area contributed by atoms with Gasteiger partial charge < -0.3 is 9.15 Å². The van der Waals surface area contributed by atoms with Crippen LogP contribution >= 0.6 is 0 Å². The lowest BCUT2D eigenvalue weighted by Crippen LogP contribution is -2.07. The highest BCUT2D eigenvalue weighted by Crippen LogP contribution is 2.35. The molecule has 1 aliphatic heterocycles. The fourth-order valence-electron chi connectivity index (χ4n) is 2.05. The molecule has 2 heterocycles. The van der Waals surface area contributed by atoms with Crippen molar-refractivity contribution in [2.24, 2.45) is 0 Å². The number of furan rings is 1. The van der Waals surface area contributed by atoms with E-state index < -0.39 is 17.9 Å². The van der Waals surface area contributed by atoms with E-state index >= 15 is 0 Å². The quantitative estimate of drug-likeness (QED) is 0.457. The summed E-state index contributed by atoms with van der Waals surface area (Å²) in [5.74, 6) is -0.456. The van der Waals surface area contributed by atoms with Crippen LogP contribution in [0.1, 0.15) is 29.9 Å². The second-order valence-electron chi connectivity index (χ2n) is 4.16. The predicted octanol–water partition coefficient (Wildman–Crippen LogP) is 2.57. The van der Waals surface area contributed by atoms with Gasteiger partial charge in [-0.15, -0.1) is 0 Å². The van der Waals surface area contributed by atoms with Crippen LogP contribution in [0, 0.1) is 13.8 Å². The zero-order chi connectivity index (χ0) is 13.3.